The first-order valence-electron chi connectivity index (χ1n) is 7.40. The molecule has 0 bridgehead atoms. The fraction of sp³-hybridized carbons (Fsp3) is 0.250. The molecule has 132 valence electrons. The molecule has 3 rings (SSSR count). The van der Waals surface area contributed by atoms with E-state index in [1.54, 1.807) is 12.1 Å². The van der Waals surface area contributed by atoms with Crippen molar-refractivity contribution in [3.05, 3.63) is 52.1 Å². The van der Waals surface area contributed by atoms with Crippen LogP contribution in [0, 0.1) is 10.1 Å². The van der Waals surface area contributed by atoms with Crippen molar-refractivity contribution in [1.82, 2.24) is 0 Å². The molecule has 0 saturated heterocycles. The lowest BCUT2D eigenvalue weighted by Gasteiger charge is -2.16. The van der Waals surface area contributed by atoms with E-state index in [9.17, 15) is 18.5 Å². The normalized spacial score (nSPS) is 14.2. The van der Waals surface area contributed by atoms with Gasteiger partial charge in [-0.25, -0.2) is 8.42 Å². The highest BCUT2D eigenvalue weighted by atomic mass is 32.2. The molecule has 0 radical (unpaired) electrons. The third kappa shape index (κ3) is 3.50. The fourth-order valence-electron chi connectivity index (χ4n) is 2.51. The zero-order chi connectivity index (χ0) is 18.2. The Morgan fingerprint density at radius 3 is 2.56 bits per heavy atom. The fourth-order valence-corrected chi connectivity index (χ4v) is 3.16. The highest BCUT2D eigenvalue weighted by Crippen LogP contribution is 2.36. The standard InChI is InChI=1S/C16H16N2O6S/c1-10(11-3-6-15-16(7-11)24-9-23-15)17-13-5-4-12(25(2,21)22)8-14(13)18(19)20/h3-8,10,17H,9H2,1-2H3. The van der Waals surface area contributed by atoms with Crippen molar-refractivity contribution in [3.63, 3.8) is 0 Å². The molecule has 1 heterocycles. The van der Waals surface area contributed by atoms with Gasteiger partial charge in [0, 0.05) is 18.4 Å². The summed E-state index contributed by atoms with van der Waals surface area (Å²) in [4.78, 5) is 10.6. The summed E-state index contributed by atoms with van der Waals surface area (Å²) in [6, 6.07) is 8.95. The Morgan fingerprint density at radius 2 is 1.88 bits per heavy atom. The number of fused-ring (bicyclic) bond motifs is 1. The molecule has 8 nitrogen and oxygen atoms in total. The maximum absolute atomic E-state index is 11.6. The average Bonchev–Trinajstić information content (AvgIpc) is 3.01. The first-order valence-corrected chi connectivity index (χ1v) is 9.29. The van der Waals surface area contributed by atoms with Crippen molar-refractivity contribution < 1.29 is 22.8 Å². The molecule has 1 unspecified atom stereocenters. The summed E-state index contributed by atoms with van der Waals surface area (Å²) in [5.41, 5.74) is 0.795. The van der Waals surface area contributed by atoms with Crippen LogP contribution in [0.25, 0.3) is 0 Å². The van der Waals surface area contributed by atoms with Crippen molar-refractivity contribution in [2.75, 3.05) is 18.4 Å². The van der Waals surface area contributed by atoms with Gasteiger partial charge in [0.2, 0.25) is 6.79 Å². The molecule has 1 atom stereocenters. The SMILES string of the molecule is CC(Nc1ccc(S(C)(=O)=O)cc1[N+](=O)[O-])c1ccc2c(c1)OCO2. The van der Waals surface area contributed by atoms with E-state index in [1.165, 1.54) is 12.1 Å². The second-order valence-corrected chi connectivity index (χ2v) is 7.70. The van der Waals surface area contributed by atoms with E-state index in [-0.39, 0.29) is 29.1 Å². The Hall–Kier alpha value is -2.81. The maximum atomic E-state index is 11.6. The van der Waals surface area contributed by atoms with Crippen molar-refractivity contribution in [2.24, 2.45) is 0 Å². The zero-order valence-corrected chi connectivity index (χ0v) is 14.4. The van der Waals surface area contributed by atoms with Crippen LogP contribution in [0.4, 0.5) is 11.4 Å². The van der Waals surface area contributed by atoms with Crippen molar-refractivity contribution in [2.45, 2.75) is 17.9 Å². The Morgan fingerprint density at radius 1 is 1.16 bits per heavy atom. The van der Waals surface area contributed by atoms with Crippen LogP contribution in [0.2, 0.25) is 0 Å². The number of ether oxygens (including phenoxy) is 2. The molecule has 0 amide bonds. The molecule has 1 aliphatic heterocycles. The predicted octanol–water partition coefficient (Wildman–Crippen LogP) is 2.90. The molecule has 9 heteroatoms. The van der Waals surface area contributed by atoms with Gasteiger partial charge in [0.25, 0.3) is 5.69 Å². The number of nitro groups is 1. The third-order valence-corrected chi connectivity index (χ3v) is 4.97. The molecule has 0 saturated carbocycles. The van der Waals surface area contributed by atoms with Gasteiger partial charge in [-0.2, -0.15) is 0 Å². The summed E-state index contributed by atoms with van der Waals surface area (Å²) in [5, 5.41) is 14.4. The van der Waals surface area contributed by atoms with Gasteiger partial charge in [0.15, 0.2) is 21.3 Å². The first kappa shape index (κ1) is 17.0. The van der Waals surface area contributed by atoms with Gasteiger partial charge in [-0.05, 0) is 36.8 Å². The van der Waals surface area contributed by atoms with E-state index in [1.807, 2.05) is 13.0 Å². The number of nitrogens with one attached hydrogen (secondary N) is 1. The lowest BCUT2D eigenvalue weighted by atomic mass is 10.1. The minimum Gasteiger partial charge on any atom is -0.454 e. The molecule has 0 aliphatic carbocycles. The monoisotopic (exact) mass is 364 g/mol. The molecule has 0 spiro atoms. The van der Waals surface area contributed by atoms with Gasteiger partial charge < -0.3 is 14.8 Å². The van der Waals surface area contributed by atoms with Gasteiger partial charge in [-0.1, -0.05) is 6.07 Å². The van der Waals surface area contributed by atoms with E-state index in [0.717, 1.165) is 17.9 Å². The van der Waals surface area contributed by atoms with Crippen molar-refractivity contribution >= 4 is 21.2 Å². The Kier molecular flexibility index (Phi) is 4.25. The summed E-state index contributed by atoms with van der Waals surface area (Å²) in [6.07, 6.45) is 1.01. The number of anilines is 1. The van der Waals surface area contributed by atoms with Gasteiger partial charge in [0.1, 0.15) is 5.69 Å². The summed E-state index contributed by atoms with van der Waals surface area (Å²) in [6.45, 7) is 2.00. The molecular formula is C16H16N2O6S. The predicted molar refractivity (Wildman–Crippen MR) is 90.8 cm³/mol. The van der Waals surface area contributed by atoms with Crippen LogP contribution in [0.1, 0.15) is 18.5 Å². The summed E-state index contributed by atoms with van der Waals surface area (Å²) < 4.78 is 33.8. The number of hydrogen-bond acceptors (Lipinski definition) is 7. The van der Waals surface area contributed by atoms with Crippen LogP contribution in [0.3, 0.4) is 0 Å². The molecule has 2 aromatic rings. The summed E-state index contributed by atoms with van der Waals surface area (Å²) in [7, 11) is -3.53. The van der Waals surface area contributed by atoms with E-state index in [0.29, 0.717) is 11.5 Å². The molecule has 1 aliphatic rings. The molecule has 0 aromatic heterocycles. The van der Waals surface area contributed by atoms with Gasteiger partial charge in [-0.15, -0.1) is 0 Å². The number of hydrogen-bond donors (Lipinski definition) is 1. The van der Waals surface area contributed by atoms with E-state index < -0.39 is 14.8 Å². The molecular weight excluding hydrogens is 348 g/mol. The quantitative estimate of drug-likeness (QED) is 0.642. The van der Waals surface area contributed by atoms with Crippen LogP contribution in [0.15, 0.2) is 41.3 Å². The van der Waals surface area contributed by atoms with Gasteiger partial charge >= 0.3 is 0 Å². The number of nitrogens with zero attached hydrogens (tertiary/aromatic N) is 1. The average molecular weight is 364 g/mol. The Labute approximate surface area is 144 Å². The zero-order valence-electron chi connectivity index (χ0n) is 13.6. The van der Waals surface area contributed by atoms with Crippen molar-refractivity contribution in [1.29, 1.82) is 0 Å². The third-order valence-electron chi connectivity index (χ3n) is 3.86. The maximum Gasteiger partial charge on any atom is 0.293 e. The van der Waals surface area contributed by atoms with E-state index in [4.69, 9.17) is 9.47 Å². The minimum atomic E-state index is -3.53. The van der Waals surface area contributed by atoms with Crippen LogP contribution < -0.4 is 14.8 Å². The Bertz CT molecular complexity index is 942. The van der Waals surface area contributed by atoms with Crippen LogP contribution in [-0.4, -0.2) is 26.4 Å². The number of sulfone groups is 1. The lowest BCUT2D eigenvalue weighted by Crippen LogP contribution is -2.09. The lowest BCUT2D eigenvalue weighted by molar-refractivity contribution is -0.384. The molecule has 2 aromatic carbocycles. The van der Waals surface area contributed by atoms with Gasteiger partial charge in [-0.3, -0.25) is 10.1 Å². The highest BCUT2D eigenvalue weighted by Gasteiger charge is 2.21. The molecule has 0 fully saturated rings. The smallest absolute Gasteiger partial charge is 0.293 e. The first-order chi connectivity index (χ1) is 11.8. The van der Waals surface area contributed by atoms with Crippen LogP contribution in [0.5, 0.6) is 11.5 Å². The summed E-state index contributed by atoms with van der Waals surface area (Å²) in [5.74, 6) is 1.27. The van der Waals surface area contributed by atoms with Crippen LogP contribution in [-0.2, 0) is 9.84 Å². The van der Waals surface area contributed by atoms with Gasteiger partial charge in [0.05, 0.1) is 9.82 Å². The number of rotatable bonds is 5. The highest BCUT2D eigenvalue weighted by molar-refractivity contribution is 7.90. The molecule has 25 heavy (non-hydrogen) atoms. The van der Waals surface area contributed by atoms with Crippen LogP contribution >= 0.6 is 0 Å². The molecule has 1 N–H and O–H groups in total. The van der Waals surface area contributed by atoms with Crippen molar-refractivity contribution in [3.8, 4) is 11.5 Å². The van der Waals surface area contributed by atoms with E-state index in [2.05, 4.69) is 5.32 Å². The number of nitro benzene ring substituents is 1. The minimum absolute atomic E-state index is 0.0968. The largest absolute Gasteiger partial charge is 0.454 e. The topological polar surface area (TPSA) is 108 Å². The number of benzene rings is 2. The second kappa shape index (κ2) is 6.25. The van der Waals surface area contributed by atoms with E-state index >= 15 is 0 Å². The second-order valence-electron chi connectivity index (χ2n) is 5.69. The Balaban J connectivity index is 1.90. The summed E-state index contributed by atoms with van der Waals surface area (Å²) >= 11 is 0.